The summed E-state index contributed by atoms with van der Waals surface area (Å²) in [5.74, 6) is -0.0794. The Morgan fingerprint density at radius 2 is 2.47 bits per heavy atom. The lowest BCUT2D eigenvalue weighted by Gasteiger charge is -2.27. The number of carbonyl (C=O) groups is 1. The van der Waals surface area contributed by atoms with Gasteiger partial charge in [-0.1, -0.05) is 6.08 Å². The molecule has 0 aromatic carbocycles. The topological polar surface area (TPSA) is 73.1 Å². The zero-order chi connectivity index (χ0) is 11.3. The molecule has 0 aromatic rings. The molecule has 1 aliphatic heterocycles. The van der Waals surface area contributed by atoms with E-state index in [2.05, 4.69) is 11.6 Å². The smallest absolute Gasteiger partial charge is 0.305 e. The lowest BCUT2D eigenvalue weighted by atomic mass is 10.1. The number of carboxylic acids is 1. The van der Waals surface area contributed by atoms with Gasteiger partial charge in [0.1, 0.15) is 5.84 Å². The normalized spacial score (nSPS) is 17.4. The summed E-state index contributed by atoms with van der Waals surface area (Å²) in [6.45, 7) is 4.80. The average Bonchev–Trinajstić information content (AvgIpc) is 2.63. The molecule has 0 fully saturated rings. The van der Waals surface area contributed by atoms with E-state index >= 15 is 0 Å². The van der Waals surface area contributed by atoms with E-state index in [-0.39, 0.29) is 19.1 Å². The van der Waals surface area contributed by atoms with Crippen molar-refractivity contribution >= 4 is 11.8 Å². The molecule has 84 valence electrons. The second-order valence-electron chi connectivity index (χ2n) is 3.42. The van der Waals surface area contributed by atoms with Gasteiger partial charge in [0.2, 0.25) is 0 Å². The predicted octanol–water partition coefficient (Wildman–Crippen LogP) is 0.112. The van der Waals surface area contributed by atoms with E-state index in [1.807, 2.05) is 4.90 Å². The first-order valence-corrected chi connectivity index (χ1v) is 4.92. The summed E-state index contributed by atoms with van der Waals surface area (Å²) in [6.07, 6.45) is 2.29. The molecule has 15 heavy (non-hydrogen) atoms. The van der Waals surface area contributed by atoms with Crippen molar-refractivity contribution in [3.63, 3.8) is 0 Å². The Kier molecular flexibility index (Phi) is 4.30. The Labute approximate surface area is 88.7 Å². The number of aliphatic imine (C=N–C) groups is 1. The number of rotatable bonds is 6. The second kappa shape index (κ2) is 5.50. The third kappa shape index (κ3) is 3.06. The molecule has 1 aliphatic rings. The van der Waals surface area contributed by atoms with Crippen LogP contribution in [0.4, 0.5) is 0 Å². The lowest BCUT2D eigenvalue weighted by Crippen LogP contribution is -2.41. The highest BCUT2D eigenvalue weighted by Crippen LogP contribution is 2.12. The number of aliphatic hydroxyl groups excluding tert-OH is 1. The number of nitrogens with zero attached hydrogens (tertiary/aromatic N) is 2. The zero-order valence-electron chi connectivity index (χ0n) is 8.59. The quantitative estimate of drug-likeness (QED) is 0.613. The van der Waals surface area contributed by atoms with Crippen LogP contribution in [0.25, 0.3) is 0 Å². The molecule has 0 aliphatic carbocycles. The van der Waals surface area contributed by atoms with E-state index < -0.39 is 5.97 Å². The van der Waals surface area contributed by atoms with E-state index in [4.69, 9.17) is 10.2 Å². The van der Waals surface area contributed by atoms with E-state index in [0.29, 0.717) is 19.5 Å². The van der Waals surface area contributed by atoms with Gasteiger partial charge in [0.05, 0.1) is 25.6 Å². The average molecular weight is 212 g/mol. The summed E-state index contributed by atoms with van der Waals surface area (Å²) in [7, 11) is 0. The Morgan fingerprint density at radius 1 is 1.73 bits per heavy atom. The standard InChI is InChI=1S/C10H16N2O3/c1-2-3-9-11-4-5-12(9)8(7-13)6-10(14)15/h2,8,13H,1,3-7H2,(H,14,15). The Hall–Kier alpha value is -1.36. The summed E-state index contributed by atoms with van der Waals surface area (Å²) in [4.78, 5) is 16.7. The van der Waals surface area contributed by atoms with E-state index in [1.54, 1.807) is 6.08 Å². The van der Waals surface area contributed by atoms with Crippen molar-refractivity contribution in [1.29, 1.82) is 0 Å². The molecule has 1 heterocycles. The monoisotopic (exact) mass is 212 g/mol. The highest BCUT2D eigenvalue weighted by Gasteiger charge is 2.25. The first kappa shape index (κ1) is 11.7. The number of aliphatic carboxylic acids is 1. The van der Waals surface area contributed by atoms with Gasteiger partial charge in [-0.15, -0.1) is 6.58 Å². The van der Waals surface area contributed by atoms with Gasteiger partial charge < -0.3 is 15.1 Å². The molecule has 0 aromatic heterocycles. The summed E-state index contributed by atoms with van der Waals surface area (Å²) in [5.41, 5.74) is 0. The van der Waals surface area contributed by atoms with Crippen LogP contribution in [0, 0.1) is 0 Å². The number of hydrogen-bond donors (Lipinski definition) is 2. The Morgan fingerprint density at radius 3 is 3.00 bits per heavy atom. The van der Waals surface area contributed by atoms with Crippen LogP contribution in [0.1, 0.15) is 12.8 Å². The molecule has 5 nitrogen and oxygen atoms in total. The summed E-state index contributed by atoms with van der Waals surface area (Å²) in [5, 5.41) is 17.8. The SMILES string of the molecule is C=CCC1=NCCN1C(CO)CC(=O)O. The van der Waals surface area contributed by atoms with Crippen molar-refractivity contribution in [3.8, 4) is 0 Å². The van der Waals surface area contributed by atoms with Gasteiger partial charge in [0.25, 0.3) is 0 Å². The van der Waals surface area contributed by atoms with Gasteiger partial charge in [-0.2, -0.15) is 0 Å². The second-order valence-corrected chi connectivity index (χ2v) is 3.42. The van der Waals surface area contributed by atoms with Gasteiger partial charge in [0, 0.05) is 13.0 Å². The maximum absolute atomic E-state index is 10.6. The minimum atomic E-state index is -0.904. The fourth-order valence-corrected chi connectivity index (χ4v) is 1.69. The van der Waals surface area contributed by atoms with E-state index in [0.717, 1.165) is 5.84 Å². The zero-order valence-corrected chi connectivity index (χ0v) is 8.59. The molecule has 0 bridgehead atoms. The van der Waals surface area contributed by atoms with Crippen molar-refractivity contribution in [2.75, 3.05) is 19.7 Å². The molecule has 0 spiro atoms. The molecule has 1 unspecified atom stereocenters. The molecular weight excluding hydrogens is 196 g/mol. The highest BCUT2D eigenvalue weighted by molar-refractivity contribution is 5.85. The van der Waals surface area contributed by atoms with Crippen LogP contribution in [0.3, 0.4) is 0 Å². The van der Waals surface area contributed by atoms with Crippen LogP contribution in [0.15, 0.2) is 17.6 Å². The molecule has 0 amide bonds. The van der Waals surface area contributed by atoms with Crippen LogP contribution in [0.5, 0.6) is 0 Å². The maximum Gasteiger partial charge on any atom is 0.305 e. The van der Waals surface area contributed by atoms with Crippen LogP contribution in [-0.4, -0.2) is 52.7 Å². The third-order valence-corrected chi connectivity index (χ3v) is 2.36. The fourth-order valence-electron chi connectivity index (χ4n) is 1.69. The van der Waals surface area contributed by atoms with Gasteiger partial charge in [-0.05, 0) is 0 Å². The van der Waals surface area contributed by atoms with E-state index in [1.165, 1.54) is 0 Å². The van der Waals surface area contributed by atoms with Crippen LogP contribution in [-0.2, 0) is 4.79 Å². The van der Waals surface area contributed by atoms with Gasteiger partial charge in [0.15, 0.2) is 0 Å². The van der Waals surface area contributed by atoms with Crippen molar-refractivity contribution in [2.45, 2.75) is 18.9 Å². The van der Waals surface area contributed by atoms with Gasteiger partial charge in [-0.25, -0.2) is 0 Å². The molecule has 0 saturated carbocycles. The van der Waals surface area contributed by atoms with Crippen molar-refractivity contribution in [2.24, 2.45) is 4.99 Å². The van der Waals surface area contributed by atoms with Crippen molar-refractivity contribution < 1.29 is 15.0 Å². The van der Waals surface area contributed by atoms with Gasteiger partial charge in [-0.3, -0.25) is 9.79 Å². The van der Waals surface area contributed by atoms with Crippen LogP contribution in [0.2, 0.25) is 0 Å². The number of hydrogen-bond acceptors (Lipinski definition) is 4. The predicted molar refractivity (Wildman–Crippen MR) is 56.9 cm³/mol. The van der Waals surface area contributed by atoms with Crippen LogP contribution < -0.4 is 0 Å². The van der Waals surface area contributed by atoms with Crippen molar-refractivity contribution in [3.05, 3.63) is 12.7 Å². The third-order valence-electron chi connectivity index (χ3n) is 2.36. The van der Waals surface area contributed by atoms with E-state index in [9.17, 15) is 4.79 Å². The lowest BCUT2D eigenvalue weighted by molar-refractivity contribution is -0.138. The molecule has 1 atom stereocenters. The molecule has 0 saturated heterocycles. The minimum Gasteiger partial charge on any atom is -0.481 e. The Bertz CT molecular complexity index is 276. The van der Waals surface area contributed by atoms with Gasteiger partial charge >= 0.3 is 5.97 Å². The van der Waals surface area contributed by atoms with Crippen molar-refractivity contribution in [1.82, 2.24) is 4.90 Å². The summed E-state index contributed by atoms with van der Waals surface area (Å²) >= 11 is 0. The molecule has 0 radical (unpaired) electrons. The first-order valence-electron chi connectivity index (χ1n) is 4.92. The molecule has 2 N–H and O–H groups in total. The Balaban J connectivity index is 2.63. The molecular formula is C10H16N2O3. The largest absolute Gasteiger partial charge is 0.481 e. The summed E-state index contributed by atoms with van der Waals surface area (Å²) < 4.78 is 0. The number of carboxylic acid groups (broad SMARTS) is 1. The summed E-state index contributed by atoms with van der Waals surface area (Å²) in [6, 6.07) is -0.372. The maximum atomic E-state index is 10.6. The van der Waals surface area contributed by atoms with Crippen LogP contribution >= 0.6 is 0 Å². The minimum absolute atomic E-state index is 0.0628. The highest BCUT2D eigenvalue weighted by atomic mass is 16.4. The molecule has 5 heteroatoms. The first-order chi connectivity index (χ1) is 7.19. The fraction of sp³-hybridized carbons (Fsp3) is 0.600. The number of amidine groups is 1. The number of aliphatic hydroxyl groups is 1. The molecule has 1 rings (SSSR count).